The number of nitrogens with one attached hydrogen (secondary N) is 1. The van der Waals surface area contributed by atoms with Gasteiger partial charge in [-0.25, -0.2) is 9.86 Å². The molecule has 2 amide bonds. The molecule has 0 fully saturated rings. The molecule has 0 aromatic rings. The van der Waals surface area contributed by atoms with Gasteiger partial charge in [0.15, 0.2) is 6.04 Å². The molecule has 0 aromatic carbocycles. The van der Waals surface area contributed by atoms with Gasteiger partial charge in [-0.2, -0.15) is 11.8 Å². The third kappa shape index (κ3) is 6.25. The van der Waals surface area contributed by atoms with Gasteiger partial charge in [0.2, 0.25) is 6.41 Å². The second kappa shape index (κ2) is 9.60. The Bertz CT molecular complexity index is 338. The molecule has 116 valence electrons. The summed E-state index contributed by atoms with van der Waals surface area (Å²) in [7, 11) is 0. The molecular weight excluding hydrogens is 284 g/mol. The molecule has 0 aliphatic heterocycles. The summed E-state index contributed by atoms with van der Waals surface area (Å²) in [5.41, 5.74) is 0. The van der Waals surface area contributed by atoms with E-state index in [0.717, 1.165) is 0 Å². The Morgan fingerprint density at radius 2 is 2.00 bits per heavy atom. The van der Waals surface area contributed by atoms with E-state index < -0.39 is 24.0 Å². The van der Waals surface area contributed by atoms with Gasteiger partial charge < -0.3 is 10.4 Å². The minimum Gasteiger partial charge on any atom is -0.480 e. The molecule has 0 bridgehead atoms. The number of nitrogens with zero attached hydrogens (tertiary/aromatic N) is 1. The number of hydrogen-bond acceptors (Lipinski definition) is 5. The van der Waals surface area contributed by atoms with Crippen LogP contribution in [0.25, 0.3) is 0 Å². The van der Waals surface area contributed by atoms with Gasteiger partial charge in [-0.3, -0.25) is 14.8 Å². The predicted molar refractivity (Wildman–Crippen MR) is 75.5 cm³/mol. The van der Waals surface area contributed by atoms with Gasteiger partial charge in [-0.15, -0.1) is 0 Å². The first-order valence-electron chi connectivity index (χ1n) is 6.28. The summed E-state index contributed by atoms with van der Waals surface area (Å²) in [6.45, 7) is 3.59. The van der Waals surface area contributed by atoms with Crippen molar-refractivity contribution in [3.05, 3.63) is 0 Å². The van der Waals surface area contributed by atoms with Crippen LogP contribution < -0.4 is 5.32 Å². The monoisotopic (exact) mass is 306 g/mol. The summed E-state index contributed by atoms with van der Waals surface area (Å²) in [5.74, 6) is -1.47. The highest BCUT2D eigenvalue weighted by molar-refractivity contribution is 7.98. The molecule has 0 rings (SSSR count). The summed E-state index contributed by atoms with van der Waals surface area (Å²) < 4.78 is 0. The fourth-order valence-electron chi connectivity index (χ4n) is 1.66. The SMILES string of the molecule is CSCCC(NC=O)C(=O)N(O)[C@H](CC(C)C)C(=O)O. The van der Waals surface area contributed by atoms with E-state index in [2.05, 4.69) is 5.32 Å². The lowest BCUT2D eigenvalue weighted by molar-refractivity contribution is -0.189. The number of hydroxylamine groups is 2. The number of carbonyl (C=O) groups excluding carboxylic acids is 2. The average Bonchev–Trinajstić information content (AvgIpc) is 2.38. The van der Waals surface area contributed by atoms with Crippen molar-refractivity contribution < 1.29 is 24.7 Å². The molecular formula is C12H22N2O5S. The molecule has 0 saturated carbocycles. The maximum atomic E-state index is 12.0. The van der Waals surface area contributed by atoms with Gasteiger partial charge in [-0.1, -0.05) is 13.8 Å². The fourth-order valence-corrected chi connectivity index (χ4v) is 2.13. The number of carbonyl (C=O) groups is 3. The van der Waals surface area contributed by atoms with Gasteiger partial charge in [0.25, 0.3) is 5.91 Å². The van der Waals surface area contributed by atoms with Crippen molar-refractivity contribution >= 4 is 30.0 Å². The smallest absolute Gasteiger partial charge is 0.329 e. The summed E-state index contributed by atoms with van der Waals surface area (Å²) in [5, 5.41) is 21.4. The molecule has 0 saturated heterocycles. The van der Waals surface area contributed by atoms with Crippen molar-refractivity contribution in [1.29, 1.82) is 0 Å². The predicted octanol–water partition coefficient (Wildman–Crippen LogP) is 0.571. The molecule has 2 atom stereocenters. The molecule has 7 nitrogen and oxygen atoms in total. The highest BCUT2D eigenvalue weighted by Gasteiger charge is 2.33. The Kier molecular flexibility index (Phi) is 8.98. The van der Waals surface area contributed by atoms with E-state index in [4.69, 9.17) is 5.11 Å². The Labute approximate surface area is 122 Å². The molecule has 0 aromatic heterocycles. The Morgan fingerprint density at radius 3 is 2.40 bits per heavy atom. The Balaban J connectivity index is 4.88. The van der Waals surface area contributed by atoms with E-state index in [-0.39, 0.29) is 17.4 Å². The number of amides is 2. The second-order valence-corrected chi connectivity index (χ2v) is 5.77. The van der Waals surface area contributed by atoms with Gasteiger partial charge in [0, 0.05) is 0 Å². The standard InChI is InChI=1S/C12H22N2O5S/c1-8(2)6-10(12(17)18)14(19)11(16)9(13-7-15)4-5-20-3/h7-10,19H,4-6H2,1-3H3,(H,13,15)(H,17,18)/t9?,10-/m1/s1. The van der Waals surface area contributed by atoms with Crippen LogP contribution in [0.3, 0.4) is 0 Å². The van der Waals surface area contributed by atoms with E-state index in [1.54, 1.807) is 13.8 Å². The maximum absolute atomic E-state index is 12.0. The zero-order chi connectivity index (χ0) is 15.7. The summed E-state index contributed by atoms with van der Waals surface area (Å²) in [6.07, 6.45) is 2.67. The second-order valence-electron chi connectivity index (χ2n) is 4.78. The van der Waals surface area contributed by atoms with Crippen molar-refractivity contribution in [1.82, 2.24) is 10.4 Å². The Hall–Kier alpha value is -1.28. The van der Waals surface area contributed by atoms with Crippen molar-refractivity contribution in [3.63, 3.8) is 0 Å². The van der Waals surface area contributed by atoms with Crippen molar-refractivity contribution in [3.8, 4) is 0 Å². The van der Waals surface area contributed by atoms with Crippen LogP contribution in [0.15, 0.2) is 0 Å². The van der Waals surface area contributed by atoms with Crippen LogP contribution in [-0.2, 0) is 14.4 Å². The highest BCUT2D eigenvalue weighted by Crippen LogP contribution is 2.13. The molecule has 0 spiro atoms. The van der Waals surface area contributed by atoms with Crippen LogP contribution in [0, 0.1) is 5.92 Å². The molecule has 0 heterocycles. The molecule has 0 aliphatic rings. The first-order chi connectivity index (χ1) is 9.34. The van der Waals surface area contributed by atoms with E-state index in [9.17, 15) is 19.6 Å². The van der Waals surface area contributed by atoms with Gasteiger partial charge >= 0.3 is 5.97 Å². The highest BCUT2D eigenvalue weighted by atomic mass is 32.2. The summed E-state index contributed by atoms with van der Waals surface area (Å²) >= 11 is 1.49. The van der Waals surface area contributed by atoms with Crippen LogP contribution >= 0.6 is 11.8 Å². The van der Waals surface area contributed by atoms with Crippen LogP contribution in [0.4, 0.5) is 0 Å². The molecule has 1 unspecified atom stereocenters. The minimum atomic E-state index is -1.31. The van der Waals surface area contributed by atoms with Crippen molar-refractivity contribution in [2.24, 2.45) is 5.92 Å². The Morgan fingerprint density at radius 1 is 1.40 bits per heavy atom. The molecule has 0 radical (unpaired) electrons. The largest absolute Gasteiger partial charge is 0.480 e. The van der Waals surface area contributed by atoms with E-state index in [1.807, 2.05) is 6.26 Å². The number of rotatable bonds is 10. The number of carboxylic acid groups (broad SMARTS) is 1. The first-order valence-corrected chi connectivity index (χ1v) is 7.67. The lowest BCUT2D eigenvalue weighted by Gasteiger charge is -2.27. The number of aliphatic carboxylic acids is 1. The van der Waals surface area contributed by atoms with Crippen molar-refractivity contribution in [2.75, 3.05) is 12.0 Å². The first kappa shape index (κ1) is 18.7. The lowest BCUT2D eigenvalue weighted by Crippen LogP contribution is -2.51. The minimum absolute atomic E-state index is 0.00206. The maximum Gasteiger partial charge on any atom is 0.329 e. The van der Waals surface area contributed by atoms with E-state index in [1.165, 1.54) is 11.8 Å². The van der Waals surface area contributed by atoms with E-state index in [0.29, 0.717) is 18.6 Å². The number of carboxylic acids is 1. The third-order valence-electron chi connectivity index (χ3n) is 2.68. The number of thioether (sulfide) groups is 1. The third-order valence-corrected chi connectivity index (χ3v) is 3.32. The zero-order valence-electron chi connectivity index (χ0n) is 11.9. The van der Waals surface area contributed by atoms with Crippen LogP contribution in [-0.4, -0.2) is 57.8 Å². The van der Waals surface area contributed by atoms with E-state index >= 15 is 0 Å². The van der Waals surface area contributed by atoms with Crippen LogP contribution in [0.2, 0.25) is 0 Å². The van der Waals surface area contributed by atoms with Crippen LogP contribution in [0.5, 0.6) is 0 Å². The average molecular weight is 306 g/mol. The summed E-state index contributed by atoms with van der Waals surface area (Å²) in [4.78, 5) is 33.7. The van der Waals surface area contributed by atoms with Gasteiger partial charge in [0.1, 0.15) is 6.04 Å². The quantitative estimate of drug-likeness (QED) is 0.309. The number of hydrogen-bond donors (Lipinski definition) is 3. The van der Waals surface area contributed by atoms with Crippen molar-refractivity contribution in [2.45, 2.75) is 38.8 Å². The zero-order valence-corrected chi connectivity index (χ0v) is 12.7. The topological polar surface area (TPSA) is 107 Å². The molecule has 8 heteroatoms. The van der Waals surface area contributed by atoms with Gasteiger partial charge in [-0.05, 0) is 30.8 Å². The molecule has 20 heavy (non-hydrogen) atoms. The lowest BCUT2D eigenvalue weighted by atomic mass is 10.0. The normalized spacial score (nSPS) is 13.7. The van der Waals surface area contributed by atoms with Crippen LogP contribution in [0.1, 0.15) is 26.7 Å². The summed E-state index contributed by atoms with van der Waals surface area (Å²) in [6, 6.07) is -2.23. The molecule has 3 N–H and O–H groups in total. The molecule has 0 aliphatic carbocycles. The fraction of sp³-hybridized carbons (Fsp3) is 0.750. The van der Waals surface area contributed by atoms with Gasteiger partial charge in [0.05, 0.1) is 0 Å².